The second-order valence-corrected chi connectivity index (χ2v) is 3.30. The predicted molar refractivity (Wildman–Crippen MR) is 64.8 cm³/mol. The van der Waals surface area contributed by atoms with Crippen molar-refractivity contribution in [3.63, 3.8) is 0 Å². The third kappa shape index (κ3) is 3.39. The summed E-state index contributed by atoms with van der Waals surface area (Å²) in [6.07, 6.45) is 0. The van der Waals surface area contributed by atoms with E-state index in [0.717, 1.165) is 11.4 Å². The van der Waals surface area contributed by atoms with Crippen molar-refractivity contribution < 1.29 is 9.84 Å². The van der Waals surface area contributed by atoms with Crippen molar-refractivity contribution in [2.24, 2.45) is 10.2 Å². The standard InChI is InChI=1S/C13H12N2O2/c16-10-17-13-8-6-12(7-9-13)15-14-11-4-2-1-3-5-11/h1-9,16H,10H2. The van der Waals surface area contributed by atoms with E-state index in [4.69, 9.17) is 9.84 Å². The minimum Gasteiger partial charge on any atom is -0.468 e. The number of hydrogen-bond acceptors (Lipinski definition) is 4. The van der Waals surface area contributed by atoms with Gasteiger partial charge >= 0.3 is 0 Å². The Morgan fingerprint density at radius 1 is 0.824 bits per heavy atom. The van der Waals surface area contributed by atoms with Gasteiger partial charge in [0.25, 0.3) is 0 Å². The fourth-order valence-corrected chi connectivity index (χ4v) is 1.29. The van der Waals surface area contributed by atoms with Crippen molar-refractivity contribution in [3.05, 3.63) is 54.6 Å². The molecule has 0 fully saturated rings. The minimum absolute atomic E-state index is 0.328. The van der Waals surface area contributed by atoms with Crippen molar-refractivity contribution >= 4 is 11.4 Å². The number of ether oxygens (including phenoxy) is 1. The topological polar surface area (TPSA) is 54.2 Å². The van der Waals surface area contributed by atoms with Gasteiger partial charge < -0.3 is 9.84 Å². The Labute approximate surface area is 99.2 Å². The van der Waals surface area contributed by atoms with Crippen LogP contribution in [0.5, 0.6) is 5.75 Å². The zero-order valence-electron chi connectivity index (χ0n) is 9.15. The fraction of sp³-hybridized carbons (Fsp3) is 0.0769. The lowest BCUT2D eigenvalue weighted by Crippen LogP contribution is -1.93. The highest BCUT2D eigenvalue weighted by molar-refractivity contribution is 5.42. The monoisotopic (exact) mass is 228 g/mol. The number of aliphatic hydroxyl groups excluding tert-OH is 1. The van der Waals surface area contributed by atoms with Crippen molar-refractivity contribution in [1.29, 1.82) is 0 Å². The molecule has 2 aromatic rings. The molecule has 0 bridgehead atoms. The quantitative estimate of drug-likeness (QED) is 0.643. The molecule has 0 heterocycles. The molecule has 2 rings (SSSR count). The molecule has 0 radical (unpaired) electrons. The molecule has 0 spiro atoms. The summed E-state index contributed by atoms with van der Waals surface area (Å²) in [7, 11) is 0. The Balaban J connectivity index is 2.06. The van der Waals surface area contributed by atoms with Gasteiger partial charge in [-0.15, -0.1) is 0 Å². The number of benzene rings is 2. The van der Waals surface area contributed by atoms with Crippen molar-refractivity contribution in [2.75, 3.05) is 6.79 Å². The summed E-state index contributed by atoms with van der Waals surface area (Å²) >= 11 is 0. The van der Waals surface area contributed by atoms with Crippen LogP contribution in [0.4, 0.5) is 11.4 Å². The first-order valence-corrected chi connectivity index (χ1v) is 5.19. The van der Waals surface area contributed by atoms with Crippen LogP contribution < -0.4 is 4.74 Å². The van der Waals surface area contributed by atoms with Gasteiger partial charge in [-0.3, -0.25) is 0 Å². The number of aliphatic hydroxyl groups is 1. The first kappa shape index (κ1) is 11.3. The fourth-order valence-electron chi connectivity index (χ4n) is 1.29. The number of rotatable bonds is 4. The Morgan fingerprint density at radius 2 is 1.41 bits per heavy atom. The molecular weight excluding hydrogens is 216 g/mol. The SMILES string of the molecule is OCOc1ccc(N=Nc2ccccc2)cc1. The van der Waals surface area contributed by atoms with Gasteiger partial charge in [0.15, 0.2) is 6.79 Å². The van der Waals surface area contributed by atoms with Gasteiger partial charge in [0, 0.05) is 0 Å². The van der Waals surface area contributed by atoms with Gasteiger partial charge in [-0.05, 0) is 36.4 Å². The molecule has 0 aliphatic carbocycles. The lowest BCUT2D eigenvalue weighted by Gasteiger charge is -2.00. The first-order valence-electron chi connectivity index (χ1n) is 5.19. The van der Waals surface area contributed by atoms with Crippen molar-refractivity contribution in [2.45, 2.75) is 0 Å². The van der Waals surface area contributed by atoms with E-state index < -0.39 is 0 Å². The van der Waals surface area contributed by atoms with Crippen LogP contribution in [0.1, 0.15) is 0 Å². The highest BCUT2D eigenvalue weighted by Gasteiger charge is 1.93. The molecule has 1 N–H and O–H groups in total. The van der Waals surface area contributed by atoms with Crippen LogP contribution in [0.15, 0.2) is 64.8 Å². The molecule has 17 heavy (non-hydrogen) atoms. The van der Waals surface area contributed by atoms with E-state index in [1.165, 1.54) is 0 Å². The predicted octanol–water partition coefficient (Wildman–Crippen LogP) is 3.43. The van der Waals surface area contributed by atoms with Gasteiger partial charge in [-0.25, -0.2) is 0 Å². The third-order valence-electron chi connectivity index (χ3n) is 2.11. The van der Waals surface area contributed by atoms with E-state index >= 15 is 0 Å². The summed E-state index contributed by atoms with van der Waals surface area (Å²) in [5.41, 5.74) is 1.54. The lowest BCUT2D eigenvalue weighted by molar-refractivity contribution is 0.0985. The maximum Gasteiger partial charge on any atom is 0.186 e. The first-order chi connectivity index (χ1) is 8.38. The zero-order valence-corrected chi connectivity index (χ0v) is 9.15. The molecule has 0 saturated heterocycles. The van der Waals surface area contributed by atoms with E-state index in [2.05, 4.69) is 10.2 Å². The molecule has 4 nitrogen and oxygen atoms in total. The number of hydrogen-bond donors (Lipinski definition) is 1. The van der Waals surface area contributed by atoms with Crippen LogP contribution in [0.3, 0.4) is 0 Å². The Morgan fingerprint density at radius 3 is 2.00 bits per heavy atom. The minimum atomic E-state index is -0.328. The molecule has 0 saturated carbocycles. The second kappa shape index (κ2) is 5.77. The van der Waals surface area contributed by atoms with E-state index in [9.17, 15) is 0 Å². The molecule has 2 aromatic carbocycles. The molecule has 0 atom stereocenters. The summed E-state index contributed by atoms with van der Waals surface area (Å²) < 4.78 is 4.91. The largest absolute Gasteiger partial charge is 0.468 e. The van der Waals surface area contributed by atoms with Crippen LogP contribution in [-0.2, 0) is 0 Å². The smallest absolute Gasteiger partial charge is 0.186 e. The van der Waals surface area contributed by atoms with E-state index in [1.807, 2.05) is 30.3 Å². The number of nitrogens with zero attached hydrogens (tertiary/aromatic N) is 2. The van der Waals surface area contributed by atoms with Crippen molar-refractivity contribution in [1.82, 2.24) is 0 Å². The third-order valence-corrected chi connectivity index (χ3v) is 2.11. The highest BCUT2D eigenvalue weighted by Crippen LogP contribution is 2.20. The summed E-state index contributed by atoms with van der Waals surface area (Å²) in [6.45, 7) is -0.328. The Kier molecular flexibility index (Phi) is 3.83. The van der Waals surface area contributed by atoms with Gasteiger partial charge in [-0.1, -0.05) is 18.2 Å². The Hall–Kier alpha value is -2.20. The second-order valence-electron chi connectivity index (χ2n) is 3.30. The van der Waals surface area contributed by atoms with Gasteiger partial charge in [0.1, 0.15) is 5.75 Å². The molecule has 4 heteroatoms. The average Bonchev–Trinajstić information content (AvgIpc) is 2.40. The maximum atomic E-state index is 8.58. The zero-order chi connectivity index (χ0) is 11.9. The van der Waals surface area contributed by atoms with Crippen LogP contribution in [0, 0.1) is 0 Å². The molecule has 0 amide bonds. The van der Waals surface area contributed by atoms with E-state index in [-0.39, 0.29) is 6.79 Å². The van der Waals surface area contributed by atoms with Crippen molar-refractivity contribution in [3.8, 4) is 5.75 Å². The molecular formula is C13H12N2O2. The average molecular weight is 228 g/mol. The van der Waals surface area contributed by atoms with Gasteiger partial charge in [0.2, 0.25) is 0 Å². The maximum absolute atomic E-state index is 8.58. The molecule has 0 aliphatic rings. The molecule has 0 aromatic heterocycles. The van der Waals surface area contributed by atoms with Crippen LogP contribution >= 0.6 is 0 Å². The normalized spacial score (nSPS) is 10.6. The van der Waals surface area contributed by atoms with Crippen LogP contribution in [-0.4, -0.2) is 11.9 Å². The van der Waals surface area contributed by atoms with Gasteiger partial charge in [0.05, 0.1) is 11.4 Å². The summed E-state index contributed by atoms with van der Waals surface area (Å²) in [5.74, 6) is 0.603. The number of azo groups is 1. The summed E-state index contributed by atoms with van der Waals surface area (Å²) in [5, 5.41) is 16.7. The molecule has 86 valence electrons. The van der Waals surface area contributed by atoms with Crippen LogP contribution in [0.2, 0.25) is 0 Å². The van der Waals surface area contributed by atoms with E-state index in [0.29, 0.717) is 5.75 Å². The van der Waals surface area contributed by atoms with Gasteiger partial charge in [-0.2, -0.15) is 10.2 Å². The molecule has 0 unspecified atom stereocenters. The molecule has 0 aliphatic heterocycles. The summed E-state index contributed by atoms with van der Waals surface area (Å²) in [4.78, 5) is 0. The highest BCUT2D eigenvalue weighted by atomic mass is 16.6. The lowest BCUT2D eigenvalue weighted by atomic mass is 10.3. The van der Waals surface area contributed by atoms with E-state index in [1.54, 1.807) is 24.3 Å². The summed E-state index contributed by atoms with van der Waals surface area (Å²) in [6, 6.07) is 16.5. The Bertz CT molecular complexity index is 481. The van der Waals surface area contributed by atoms with Crippen LogP contribution in [0.25, 0.3) is 0 Å².